The minimum Gasteiger partial charge on any atom is -0.481 e. The second kappa shape index (κ2) is 9.19. The number of carbonyl (C=O) groups excluding carboxylic acids is 2. The number of carboxylic acid groups (broad SMARTS) is 3. The molecule has 2 atom stereocenters. The molecule has 12 nitrogen and oxygen atoms in total. The van der Waals surface area contributed by atoms with Crippen molar-refractivity contribution in [2.75, 3.05) is 0 Å². The summed E-state index contributed by atoms with van der Waals surface area (Å²) in [6.45, 7) is -0.0549. The summed E-state index contributed by atoms with van der Waals surface area (Å²) in [5.41, 5.74) is -2.86. The largest absolute Gasteiger partial charge is 0.481 e. The van der Waals surface area contributed by atoms with Crippen molar-refractivity contribution < 1.29 is 49.1 Å². The van der Waals surface area contributed by atoms with E-state index < -0.39 is 55.2 Å². The molecule has 0 spiro atoms. The molecule has 2 amide bonds. The fourth-order valence-electron chi connectivity index (χ4n) is 1.38. The number of carbonyl (C=O) groups is 5. The fraction of sp³-hybridized carbons (Fsp3) is 0.545. The van der Waals surface area contributed by atoms with Gasteiger partial charge in [0.25, 0.3) is 6.47 Å². The van der Waals surface area contributed by atoms with Crippen molar-refractivity contribution in [3.05, 3.63) is 0 Å². The predicted molar refractivity (Wildman–Crippen MR) is 68.9 cm³/mol. The molecule has 0 radical (unpaired) electrons. The minimum absolute atomic E-state index is 0.0549. The molecular weight excluding hydrogens is 320 g/mol. The number of rotatable bonds is 11. The summed E-state index contributed by atoms with van der Waals surface area (Å²) in [6.07, 6.45) is -3.69. The van der Waals surface area contributed by atoms with Gasteiger partial charge in [0.05, 0.1) is 12.8 Å². The first-order chi connectivity index (χ1) is 10.6. The van der Waals surface area contributed by atoms with Crippen LogP contribution in [0.25, 0.3) is 0 Å². The zero-order valence-electron chi connectivity index (χ0n) is 11.7. The van der Waals surface area contributed by atoms with E-state index in [1.54, 1.807) is 5.32 Å². The molecule has 0 aliphatic heterocycles. The Kier molecular flexibility index (Phi) is 8.04. The van der Waals surface area contributed by atoms with E-state index >= 15 is 0 Å². The summed E-state index contributed by atoms with van der Waals surface area (Å²) in [6, 6.07) is -1.29. The summed E-state index contributed by atoms with van der Waals surface area (Å²) >= 11 is 0. The van der Waals surface area contributed by atoms with Gasteiger partial charge in [-0.3, -0.25) is 14.4 Å². The van der Waals surface area contributed by atoms with Gasteiger partial charge in [0.1, 0.15) is 0 Å². The number of carboxylic acids is 3. The van der Waals surface area contributed by atoms with Crippen molar-refractivity contribution in [1.82, 2.24) is 10.6 Å². The van der Waals surface area contributed by atoms with Gasteiger partial charge in [-0.15, -0.1) is 0 Å². The summed E-state index contributed by atoms with van der Waals surface area (Å²) in [4.78, 5) is 53.6. The fourth-order valence-corrected chi connectivity index (χ4v) is 1.38. The predicted octanol–water partition coefficient (Wildman–Crippen LogP) is -1.71. The maximum Gasteiger partial charge on any atom is 0.357 e. The highest BCUT2D eigenvalue weighted by Gasteiger charge is 2.38. The van der Waals surface area contributed by atoms with Gasteiger partial charge in [0, 0.05) is 12.8 Å². The molecule has 12 heteroatoms. The molecule has 0 fully saturated rings. The normalized spacial score (nSPS) is 14.0. The molecule has 23 heavy (non-hydrogen) atoms. The zero-order chi connectivity index (χ0) is 18.0. The van der Waals surface area contributed by atoms with E-state index in [1.165, 1.54) is 0 Å². The van der Waals surface area contributed by atoms with Gasteiger partial charge in [0.2, 0.25) is 5.72 Å². The third-order valence-corrected chi connectivity index (χ3v) is 2.51. The molecular formula is C11H16N2O10. The number of nitrogens with one attached hydrogen (secondary N) is 2. The first-order valence-electron chi connectivity index (χ1n) is 6.18. The molecule has 130 valence electrons. The minimum atomic E-state index is -2.86. The first-order valence-corrected chi connectivity index (χ1v) is 6.18. The van der Waals surface area contributed by atoms with Gasteiger partial charge in [-0.25, -0.2) is 9.59 Å². The van der Waals surface area contributed by atoms with Gasteiger partial charge in [-0.2, -0.15) is 0 Å². The van der Waals surface area contributed by atoms with Crippen molar-refractivity contribution in [1.29, 1.82) is 0 Å². The van der Waals surface area contributed by atoms with Crippen LogP contribution in [0, 0.1) is 0 Å². The van der Waals surface area contributed by atoms with Crippen molar-refractivity contribution in [2.45, 2.75) is 37.6 Å². The first kappa shape index (κ1) is 20.1. The van der Waals surface area contributed by atoms with Crippen LogP contribution in [-0.2, 0) is 23.9 Å². The van der Waals surface area contributed by atoms with Gasteiger partial charge in [-0.05, 0) is 0 Å². The lowest BCUT2D eigenvalue weighted by Gasteiger charge is -2.25. The molecule has 0 aromatic carbocycles. The second-order valence-corrected chi connectivity index (χ2v) is 4.31. The Balaban J connectivity index is 4.75. The topological polar surface area (TPSA) is 200 Å². The molecule has 0 aromatic rings. The van der Waals surface area contributed by atoms with Crippen LogP contribution in [0.1, 0.15) is 25.7 Å². The van der Waals surface area contributed by atoms with Crippen molar-refractivity contribution in [2.24, 2.45) is 0 Å². The highest BCUT2D eigenvalue weighted by Crippen LogP contribution is 2.10. The van der Waals surface area contributed by atoms with Crippen LogP contribution in [0.5, 0.6) is 0 Å². The highest BCUT2D eigenvalue weighted by molar-refractivity contribution is 5.85. The molecule has 6 N–H and O–H groups in total. The van der Waals surface area contributed by atoms with E-state index in [1.807, 2.05) is 5.32 Å². The van der Waals surface area contributed by atoms with Crippen molar-refractivity contribution >= 4 is 30.4 Å². The third-order valence-electron chi connectivity index (χ3n) is 2.51. The van der Waals surface area contributed by atoms with Crippen molar-refractivity contribution in [3.63, 3.8) is 0 Å². The van der Waals surface area contributed by atoms with Gasteiger partial charge >= 0.3 is 23.9 Å². The van der Waals surface area contributed by atoms with E-state index in [0.717, 1.165) is 0 Å². The number of hydrogen-bond donors (Lipinski definition) is 6. The molecule has 0 unspecified atom stereocenters. The average Bonchev–Trinajstić information content (AvgIpc) is 2.42. The van der Waals surface area contributed by atoms with Crippen molar-refractivity contribution in [3.8, 4) is 0 Å². The van der Waals surface area contributed by atoms with E-state index in [0.29, 0.717) is 0 Å². The second-order valence-electron chi connectivity index (χ2n) is 4.31. The smallest absolute Gasteiger partial charge is 0.357 e. The lowest BCUT2D eigenvalue weighted by molar-refractivity contribution is -0.163. The average molecular weight is 336 g/mol. The van der Waals surface area contributed by atoms with E-state index in [2.05, 4.69) is 4.74 Å². The third kappa shape index (κ3) is 8.21. The monoisotopic (exact) mass is 336 g/mol. The quantitative estimate of drug-likeness (QED) is 0.186. The van der Waals surface area contributed by atoms with Crippen LogP contribution in [-0.4, -0.2) is 62.8 Å². The lowest BCUT2D eigenvalue weighted by Crippen LogP contribution is -2.58. The van der Waals surface area contributed by atoms with Crippen LogP contribution in [0.4, 0.5) is 4.79 Å². The maximum atomic E-state index is 11.6. The van der Waals surface area contributed by atoms with Gasteiger partial charge < -0.3 is 35.8 Å². The van der Waals surface area contributed by atoms with E-state index in [4.69, 9.17) is 15.3 Å². The van der Waals surface area contributed by atoms with Crippen LogP contribution in [0.2, 0.25) is 0 Å². The summed E-state index contributed by atoms with van der Waals surface area (Å²) in [7, 11) is 0. The number of aliphatic hydroxyl groups is 1. The van der Waals surface area contributed by atoms with Gasteiger partial charge in [-0.1, -0.05) is 0 Å². The Labute approximate surface area is 129 Å². The maximum absolute atomic E-state index is 11.6. The Bertz CT molecular complexity index is 479. The summed E-state index contributed by atoms with van der Waals surface area (Å²) in [5.74, 6) is -4.52. The molecule has 0 bridgehead atoms. The number of aliphatic carboxylic acids is 3. The summed E-state index contributed by atoms with van der Waals surface area (Å²) < 4.78 is 4.40. The Hall–Kier alpha value is -2.89. The molecule has 0 saturated carbocycles. The summed E-state index contributed by atoms with van der Waals surface area (Å²) in [5, 5.41) is 39.1. The Morgan fingerprint density at radius 1 is 1.09 bits per heavy atom. The number of ether oxygens (including phenoxy) is 1. The number of urea groups is 1. The molecule has 0 rings (SSSR count). The van der Waals surface area contributed by atoms with Crippen LogP contribution in [0.3, 0.4) is 0 Å². The van der Waals surface area contributed by atoms with E-state index in [9.17, 15) is 29.1 Å². The van der Waals surface area contributed by atoms with Crippen LogP contribution >= 0.6 is 0 Å². The zero-order valence-corrected chi connectivity index (χ0v) is 11.7. The molecule has 0 aliphatic carbocycles. The SMILES string of the molecule is O=CO[C@H](CCC(=O)O)NC(=O)N[C@@](O)(CCC(=O)O)C(=O)O. The molecule has 0 aliphatic rings. The molecule has 0 heterocycles. The highest BCUT2D eigenvalue weighted by atomic mass is 16.5. The van der Waals surface area contributed by atoms with Gasteiger partial charge in [0.15, 0.2) is 6.23 Å². The molecule has 0 saturated heterocycles. The van der Waals surface area contributed by atoms with Crippen LogP contribution < -0.4 is 10.6 Å². The Morgan fingerprint density at radius 2 is 1.65 bits per heavy atom. The number of hydrogen-bond acceptors (Lipinski definition) is 7. The van der Waals surface area contributed by atoms with E-state index in [-0.39, 0.29) is 12.9 Å². The standard InChI is InChI=1S/C11H16N2O10/c14-5-23-6(1-2-7(15)16)12-10(21)13-11(22,9(19)20)4-3-8(17)18/h5-6,22H,1-4H2,(H,15,16)(H,17,18)(H,19,20)(H2,12,13,21)/t6-,11-/m1/s1. The number of amides is 2. The van der Waals surface area contributed by atoms with Crippen LogP contribution in [0.15, 0.2) is 0 Å². The lowest BCUT2D eigenvalue weighted by atomic mass is 10.1. The Morgan fingerprint density at radius 3 is 2.09 bits per heavy atom. The molecule has 0 aromatic heterocycles.